The summed E-state index contributed by atoms with van der Waals surface area (Å²) in [5, 5.41) is 6.25. The zero-order chi connectivity index (χ0) is 9.97. The summed E-state index contributed by atoms with van der Waals surface area (Å²) in [6.07, 6.45) is 5.94. The molecular formula is C9H13N5. The Morgan fingerprint density at radius 2 is 2.43 bits per heavy atom. The fraction of sp³-hybridized carbons (Fsp3) is 0.333. The Kier molecular flexibility index (Phi) is 2.22. The highest BCUT2D eigenvalue weighted by atomic mass is 15.2. The highest BCUT2D eigenvalue weighted by Crippen LogP contribution is 2.05. The van der Waals surface area contributed by atoms with Gasteiger partial charge in [0.2, 0.25) is 5.96 Å². The largest absolute Gasteiger partial charge is 0.387 e. The maximum atomic E-state index is 5.57. The third-order valence-electron chi connectivity index (χ3n) is 1.96. The zero-order valence-electron chi connectivity index (χ0n) is 7.99. The summed E-state index contributed by atoms with van der Waals surface area (Å²) in [5.41, 5.74) is 6.57. The van der Waals surface area contributed by atoms with Crippen LogP contribution < -0.4 is 16.4 Å². The summed E-state index contributed by atoms with van der Waals surface area (Å²) in [6, 6.07) is 0. The normalized spacial score (nSPS) is 25.5. The van der Waals surface area contributed by atoms with E-state index >= 15 is 0 Å². The third-order valence-corrected chi connectivity index (χ3v) is 1.96. The molecule has 14 heavy (non-hydrogen) atoms. The molecule has 1 unspecified atom stereocenters. The average molecular weight is 191 g/mol. The van der Waals surface area contributed by atoms with Gasteiger partial charge in [-0.3, -0.25) is 0 Å². The number of rotatable bonds is 1. The van der Waals surface area contributed by atoms with Crippen molar-refractivity contribution in [2.45, 2.75) is 13.1 Å². The molecule has 5 nitrogen and oxygen atoms in total. The van der Waals surface area contributed by atoms with Crippen molar-refractivity contribution in [3.63, 3.8) is 0 Å². The van der Waals surface area contributed by atoms with Gasteiger partial charge in [-0.15, -0.1) is 0 Å². The van der Waals surface area contributed by atoms with Gasteiger partial charge in [0.15, 0.2) is 0 Å². The lowest BCUT2D eigenvalue weighted by Crippen LogP contribution is -2.39. The molecule has 4 N–H and O–H groups in total. The zero-order valence-corrected chi connectivity index (χ0v) is 7.99. The van der Waals surface area contributed by atoms with Crippen LogP contribution in [0.3, 0.4) is 0 Å². The summed E-state index contributed by atoms with van der Waals surface area (Å²) >= 11 is 0. The van der Waals surface area contributed by atoms with Gasteiger partial charge < -0.3 is 16.4 Å². The van der Waals surface area contributed by atoms with E-state index in [0.29, 0.717) is 5.96 Å². The van der Waals surface area contributed by atoms with Gasteiger partial charge >= 0.3 is 0 Å². The van der Waals surface area contributed by atoms with Crippen LogP contribution in [0.4, 0.5) is 0 Å². The molecule has 0 saturated carbocycles. The van der Waals surface area contributed by atoms with Crippen molar-refractivity contribution in [1.29, 1.82) is 0 Å². The number of hydrogen-bond acceptors (Lipinski definition) is 5. The van der Waals surface area contributed by atoms with Gasteiger partial charge in [0.25, 0.3) is 0 Å². The van der Waals surface area contributed by atoms with Crippen molar-refractivity contribution in [2.24, 2.45) is 15.7 Å². The number of aliphatic imine (C=N–C) groups is 2. The van der Waals surface area contributed by atoms with E-state index in [2.05, 4.69) is 20.6 Å². The molecule has 2 aliphatic heterocycles. The van der Waals surface area contributed by atoms with Crippen molar-refractivity contribution >= 4 is 11.8 Å². The van der Waals surface area contributed by atoms with Crippen LogP contribution in [0.2, 0.25) is 0 Å². The van der Waals surface area contributed by atoms with E-state index < -0.39 is 0 Å². The number of guanidine groups is 1. The summed E-state index contributed by atoms with van der Waals surface area (Å²) in [5.74, 6) is 1.10. The molecule has 2 heterocycles. The highest BCUT2D eigenvalue weighted by Gasteiger charge is 2.14. The number of hydrogen-bond donors (Lipinski definition) is 3. The first-order chi connectivity index (χ1) is 6.75. The molecule has 0 radical (unpaired) electrons. The Labute approximate surface area is 82.5 Å². The van der Waals surface area contributed by atoms with Gasteiger partial charge in [-0.05, 0) is 6.92 Å². The van der Waals surface area contributed by atoms with Crippen LogP contribution in [0.5, 0.6) is 0 Å². The van der Waals surface area contributed by atoms with Crippen LogP contribution in [0, 0.1) is 0 Å². The van der Waals surface area contributed by atoms with Crippen LogP contribution in [-0.4, -0.2) is 24.5 Å². The number of amidine groups is 1. The first kappa shape index (κ1) is 8.80. The second-order valence-electron chi connectivity index (χ2n) is 3.18. The van der Waals surface area contributed by atoms with Crippen LogP contribution in [0.15, 0.2) is 33.9 Å². The SMILES string of the molecule is CC1N=C(N)N=C(C2=CNCC=C2)N1. The van der Waals surface area contributed by atoms with Crippen LogP contribution >= 0.6 is 0 Å². The highest BCUT2D eigenvalue weighted by molar-refractivity contribution is 6.08. The molecule has 0 bridgehead atoms. The molecule has 2 aliphatic rings. The first-order valence-electron chi connectivity index (χ1n) is 4.54. The molecule has 0 aliphatic carbocycles. The standard InChI is InChI=1S/C9H13N5/c1-6-12-8(14-9(10)13-6)7-3-2-4-11-5-7/h2-3,5-6,11H,4H2,1H3,(H3,10,12,13,14). The maximum Gasteiger partial charge on any atom is 0.219 e. The van der Waals surface area contributed by atoms with E-state index in [1.807, 2.05) is 25.3 Å². The molecule has 0 aromatic carbocycles. The van der Waals surface area contributed by atoms with E-state index in [1.165, 1.54) is 0 Å². The van der Waals surface area contributed by atoms with E-state index in [1.54, 1.807) is 0 Å². The molecule has 0 aromatic rings. The number of nitrogens with zero attached hydrogens (tertiary/aromatic N) is 2. The number of dihydropyridines is 1. The molecule has 2 rings (SSSR count). The number of nitrogens with two attached hydrogens (primary N) is 1. The number of nitrogens with one attached hydrogen (secondary N) is 2. The Morgan fingerprint density at radius 1 is 1.57 bits per heavy atom. The Morgan fingerprint density at radius 3 is 3.07 bits per heavy atom. The van der Waals surface area contributed by atoms with Gasteiger partial charge in [-0.1, -0.05) is 12.2 Å². The van der Waals surface area contributed by atoms with E-state index in [0.717, 1.165) is 18.0 Å². The Hall–Kier alpha value is -1.78. The predicted molar refractivity (Wildman–Crippen MR) is 56.9 cm³/mol. The smallest absolute Gasteiger partial charge is 0.219 e. The molecule has 0 saturated heterocycles. The second-order valence-corrected chi connectivity index (χ2v) is 3.18. The lowest BCUT2D eigenvalue weighted by Gasteiger charge is -2.20. The Bertz CT molecular complexity index is 350. The monoisotopic (exact) mass is 191 g/mol. The van der Waals surface area contributed by atoms with Gasteiger partial charge in [-0.2, -0.15) is 4.99 Å². The molecular weight excluding hydrogens is 178 g/mol. The fourth-order valence-corrected chi connectivity index (χ4v) is 1.37. The molecule has 1 atom stereocenters. The first-order valence-corrected chi connectivity index (χ1v) is 4.54. The average Bonchev–Trinajstić information content (AvgIpc) is 2.18. The molecule has 0 amide bonds. The predicted octanol–water partition coefficient (Wildman–Crippen LogP) is -0.308. The molecule has 0 aromatic heterocycles. The summed E-state index contributed by atoms with van der Waals surface area (Å²) in [7, 11) is 0. The van der Waals surface area contributed by atoms with Crippen LogP contribution in [-0.2, 0) is 0 Å². The lowest BCUT2D eigenvalue weighted by molar-refractivity contribution is 0.688. The minimum atomic E-state index is -0.0151. The topological polar surface area (TPSA) is 74.8 Å². The molecule has 74 valence electrons. The van der Waals surface area contributed by atoms with Crippen molar-refractivity contribution in [3.05, 3.63) is 23.9 Å². The quantitative estimate of drug-likeness (QED) is 0.532. The second kappa shape index (κ2) is 3.53. The minimum absolute atomic E-state index is 0.0151. The van der Waals surface area contributed by atoms with Crippen LogP contribution in [0.25, 0.3) is 0 Å². The molecule has 0 fully saturated rings. The molecule has 5 heteroatoms. The molecule has 0 spiro atoms. The van der Waals surface area contributed by atoms with Crippen LogP contribution in [0.1, 0.15) is 6.92 Å². The summed E-state index contributed by atoms with van der Waals surface area (Å²) < 4.78 is 0. The Balaban J connectivity index is 2.22. The minimum Gasteiger partial charge on any atom is -0.387 e. The third kappa shape index (κ3) is 1.76. The van der Waals surface area contributed by atoms with Crippen molar-refractivity contribution < 1.29 is 0 Å². The maximum absolute atomic E-state index is 5.57. The van der Waals surface area contributed by atoms with Gasteiger partial charge in [-0.25, -0.2) is 4.99 Å². The summed E-state index contributed by atoms with van der Waals surface area (Å²) in [6.45, 7) is 2.79. The fourth-order valence-electron chi connectivity index (χ4n) is 1.37. The van der Waals surface area contributed by atoms with Crippen molar-refractivity contribution in [1.82, 2.24) is 10.6 Å². The van der Waals surface area contributed by atoms with Gasteiger partial charge in [0, 0.05) is 18.3 Å². The van der Waals surface area contributed by atoms with E-state index in [4.69, 9.17) is 5.73 Å². The van der Waals surface area contributed by atoms with Gasteiger partial charge in [0.1, 0.15) is 12.0 Å². The van der Waals surface area contributed by atoms with Gasteiger partial charge in [0.05, 0.1) is 0 Å². The summed E-state index contributed by atoms with van der Waals surface area (Å²) in [4.78, 5) is 8.18. The lowest BCUT2D eigenvalue weighted by atomic mass is 10.2. The van der Waals surface area contributed by atoms with E-state index in [-0.39, 0.29) is 6.17 Å². The van der Waals surface area contributed by atoms with Crippen molar-refractivity contribution in [3.8, 4) is 0 Å². The van der Waals surface area contributed by atoms with E-state index in [9.17, 15) is 0 Å². The van der Waals surface area contributed by atoms with Crippen molar-refractivity contribution in [2.75, 3.05) is 6.54 Å².